The second-order valence-electron chi connectivity index (χ2n) is 6.38. The molecule has 0 heterocycles. The molecule has 2 nitrogen and oxygen atoms in total. The Balaban J connectivity index is 1.65. The monoisotopic (exact) mass is 311 g/mol. The van der Waals surface area contributed by atoms with Crippen LogP contribution in [0.3, 0.4) is 0 Å². The SMILES string of the molecule is O=C(NC1CCCCC1)C1CC1c1ccccc1C(F)(F)F. The van der Waals surface area contributed by atoms with E-state index in [0.29, 0.717) is 6.42 Å². The molecule has 2 aliphatic rings. The second-order valence-corrected chi connectivity index (χ2v) is 6.38. The zero-order valence-corrected chi connectivity index (χ0v) is 12.3. The molecule has 0 radical (unpaired) electrons. The van der Waals surface area contributed by atoms with Crippen LogP contribution >= 0.6 is 0 Å². The summed E-state index contributed by atoms with van der Waals surface area (Å²) in [5.41, 5.74) is -0.341. The normalized spacial score (nSPS) is 25.8. The molecule has 2 fully saturated rings. The molecule has 3 rings (SSSR count). The lowest BCUT2D eigenvalue weighted by molar-refractivity contribution is -0.138. The quantitative estimate of drug-likeness (QED) is 0.888. The number of nitrogens with one attached hydrogen (secondary N) is 1. The third-order valence-corrected chi connectivity index (χ3v) is 4.74. The molecule has 2 atom stereocenters. The van der Waals surface area contributed by atoms with E-state index in [-0.39, 0.29) is 29.3 Å². The van der Waals surface area contributed by atoms with Crippen LogP contribution in [-0.2, 0) is 11.0 Å². The highest BCUT2D eigenvalue weighted by Crippen LogP contribution is 2.51. The molecule has 120 valence electrons. The summed E-state index contributed by atoms with van der Waals surface area (Å²) in [6.07, 6.45) is 1.59. The third kappa shape index (κ3) is 3.28. The highest BCUT2D eigenvalue weighted by Gasteiger charge is 2.48. The largest absolute Gasteiger partial charge is 0.416 e. The number of amides is 1. The maximum Gasteiger partial charge on any atom is 0.416 e. The van der Waals surface area contributed by atoms with Crippen LogP contribution in [0.5, 0.6) is 0 Å². The Morgan fingerprint density at radius 2 is 1.77 bits per heavy atom. The number of carbonyl (C=O) groups excluding carboxylic acids is 1. The minimum absolute atomic E-state index is 0.0751. The van der Waals surface area contributed by atoms with Crippen molar-refractivity contribution in [2.45, 2.75) is 56.7 Å². The summed E-state index contributed by atoms with van der Waals surface area (Å²) >= 11 is 0. The summed E-state index contributed by atoms with van der Waals surface area (Å²) in [6.45, 7) is 0. The minimum Gasteiger partial charge on any atom is -0.353 e. The number of benzene rings is 1. The molecule has 2 aliphatic carbocycles. The first kappa shape index (κ1) is 15.4. The predicted molar refractivity (Wildman–Crippen MR) is 77.3 cm³/mol. The van der Waals surface area contributed by atoms with Crippen LogP contribution in [0.15, 0.2) is 24.3 Å². The van der Waals surface area contributed by atoms with Crippen LogP contribution in [-0.4, -0.2) is 11.9 Å². The van der Waals surface area contributed by atoms with Crippen molar-refractivity contribution in [1.82, 2.24) is 5.32 Å². The molecule has 1 amide bonds. The zero-order chi connectivity index (χ0) is 15.7. The van der Waals surface area contributed by atoms with E-state index in [1.807, 2.05) is 0 Å². The lowest BCUT2D eigenvalue weighted by Gasteiger charge is -2.22. The van der Waals surface area contributed by atoms with E-state index >= 15 is 0 Å². The van der Waals surface area contributed by atoms with Crippen molar-refractivity contribution in [2.24, 2.45) is 5.92 Å². The number of halogens is 3. The molecular weight excluding hydrogens is 291 g/mol. The van der Waals surface area contributed by atoms with E-state index in [4.69, 9.17) is 0 Å². The standard InChI is InChI=1S/C17H20F3NO/c18-17(19,20)15-9-5-4-8-12(15)13-10-14(13)16(22)21-11-6-2-1-3-7-11/h4-5,8-9,11,13-14H,1-3,6-7,10H2,(H,21,22). The van der Waals surface area contributed by atoms with E-state index in [0.717, 1.165) is 31.7 Å². The summed E-state index contributed by atoms with van der Waals surface area (Å²) in [4.78, 5) is 12.2. The van der Waals surface area contributed by atoms with Crippen LogP contribution < -0.4 is 5.32 Å². The van der Waals surface area contributed by atoms with Gasteiger partial charge in [-0.05, 0) is 36.8 Å². The molecule has 22 heavy (non-hydrogen) atoms. The van der Waals surface area contributed by atoms with Crippen LogP contribution in [0.25, 0.3) is 0 Å². The summed E-state index contributed by atoms with van der Waals surface area (Å²) in [7, 11) is 0. The van der Waals surface area contributed by atoms with E-state index in [9.17, 15) is 18.0 Å². The molecule has 0 spiro atoms. The van der Waals surface area contributed by atoms with Gasteiger partial charge in [-0.1, -0.05) is 37.5 Å². The van der Waals surface area contributed by atoms with E-state index in [2.05, 4.69) is 5.32 Å². The highest BCUT2D eigenvalue weighted by molar-refractivity contribution is 5.83. The van der Waals surface area contributed by atoms with Gasteiger partial charge >= 0.3 is 6.18 Å². The molecule has 1 aromatic carbocycles. The molecule has 2 saturated carbocycles. The highest BCUT2D eigenvalue weighted by atomic mass is 19.4. The van der Waals surface area contributed by atoms with Gasteiger partial charge in [0, 0.05) is 12.0 Å². The van der Waals surface area contributed by atoms with Crippen molar-refractivity contribution >= 4 is 5.91 Å². The molecule has 1 aromatic rings. The number of rotatable bonds is 3. The third-order valence-electron chi connectivity index (χ3n) is 4.74. The average molecular weight is 311 g/mol. The van der Waals surface area contributed by atoms with Gasteiger partial charge in [-0.25, -0.2) is 0 Å². The maximum atomic E-state index is 13.0. The maximum absolute atomic E-state index is 13.0. The topological polar surface area (TPSA) is 29.1 Å². The predicted octanol–water partition coefficient (Wildman–Crippen LogP) is 4.26. The molecule has 0 aromatic heterocycles. The fraction of sp³-hybridized carbons (Fsp3) is 0.588. The van der Waals surface area contributed by atoms with Gasteiger partial charge in [-0.15, -0.1) is 0 Å². The van der Waals surface area contributed by atoms with Gasteiger partial charge in [0.25, 0.3) is 0 Å². The van der Waals surface area contributed by atoms with Crippen LogP contribution in [0.1, 0.15) is 55.6 Å². The second kappa shape index (κ2) is 5.94. The molecule has 0 aliphatic heterocycles. The fourth-order valence-corrected chi connectivity index (χ4v) is 3.46. The van der Waals surface area contributed by atoms with Gasteiger partial charge in [0.2, 0.25) is 5.91 Å². The van der Waals surface area contributed by atoms with E-state index in [1.165, 1.54) is 18.6 Å². The zero-order valence-electron chi connectivity index (χ0n) is 12.3. The fourth-order valence-electron chi connectivity index (χ4n) is 3.46. The summed E-state index contributed by atoms with van der Waals surface area (Å²) in [6, 6.07) is 5.82. The van der Waals surface area contributed by atoms with Crippen molar-refractivity contribution in [3.8, 4) is 0 Å². The van der Waals surface area contributed by atoms with Crippen LogP contribution in [0, 0.1) is 5.92 Å². The van der Waals surface area contributed by atoms with Crippen molar-refractivity contribution in [3.05, 3.63) is 35.4 Å². The summed E-state index contributed by atoms with van der Waals surface area (Å²) in [5, 5.41) is 3.02. The van der Waals surface area contributed by atoms with Gasteiger partial charge in [0.15, 0.2) is 0 Å². The Hall–Kier alpha value is -1.52. The van der Waals surface area contributed by atoms with Crippen LogP contribution in [0.4, 0.5) is 13.2 Å². The van der Waals surface area contributed by atoms with Gasteiger partial charge in [-0.3, -0.25) is 4.79 Å². The average Bonchev–Trinajstić information content (AvgIpc) is 3.28. The minimum atomic E-state index is -4.36. The Kier molecular flexibility index (Phi) is 4.15. The first-order chi connectivity index (χ1) is 10.5. The Labute approximate surface area is 128 Å². The van der Waals surface area contributed by atoms with Crippen molar-refractivity contribution in [2.75, 3.05) is 0 Å². The number of hydrogen-bond donors (Lipinski definition) is 1. The Morgan fingerprint density at radius 1 is 1.09 bits per heavy atom. The molecule has 2 unspecified atom stereocenters. The molecule has 0 bridgehead atoms. The van der Waals surface area contributed by atoms with Crippen LogP contribution in [0.2, 0.25) is 0 Å². The van der Waals surface area contributed by atoms with Gasteiger partial charge in [-0.2, -0.15) is 13.2 Å². The number of alkyl halides is 3. The van der Waals surface area contributed by atoms with Gasteiger partial charge in [0.05, 0.1) is 5.56 Å². The number of hydrogen-bond acceptors (Lipinski definition) is 1. The lowest BCUT2D eigenvalue weighted by Crippen LogP contribution is -2.37. The molecule has 5 heteroatoms. The summed E-state index contributed by atoms with van der Waals surface area (Å²) < 4.78 is 39.1. The summed E-state index contributed by atoms with van der Waals surface area (Å²) in [5.74, 6) is -0.666. The molecule has 1 N–H and O–H groups in total. The van der Waals surface area contributed by atoms with Crippen molar-refractivity contribution in [1.29, 1.82) is 0 Å². The first-order valence-electron chi connectivity index (χ1n) is 7.93. The number of carbonyl (C=O) groups is 1. The van der Waals surface area contributed by atoms with Crippen molar-refractivity contribution in [3.63, 3.8) is 0 Å². The smallest absolute Gasteiger partial charge is 0.353 e. The molecular formula is C17H20F3NO. The van der Waals surface area contributed by atoms with Gasteiger partial charge in [0.1, 0.15) is 0 Å². The van der Waals surface area contributed by atoms with E-state index in [1.54, 1.807) is 6.07 Å². The van der Waals surface area contributed by atoms with Crippen molar-refractivity contribution < 1.29 is 18.0 Å². The Morgan fingerprint density at radius 3 is 2.45 bits per heavy atom. The molecule has 0 saturated heterocycles. The Bertz CT molecular complexity index is 549. The van der Waals surface area contributed by atoms with Gasteiger partial charge < -0.3 is 5.32 Å². The van der Waals surface area contributed by atoms with E-state index < -0.39 is 11.7 Å². The first-order valence-corrected chi connectivity index (χ1v) is 7.93. The lowest BCUT2D eigenvalue weighted by atomic mass is 9.95.